The lowest BCUT2D eigenvalue weighted by Crippen LogP contribution is -2.39. The normalized spacial score (nSPS) is 19.1. The number of piperidine rings is 1. The molecule has 1 aromatic heterocycles. The van der Waals surface area contributed by atoms with Crippen LogP contribution >= 0.6 is 11.3 Å². The number of sulfonamides is 1. The van der Waals surface area contributed by atoms with Gasteiger partial charge in [-0.15, -0.1) is 11.3 Å². The van der Waals surface area contributed by atoms with Crippen LogP contribution in [0.5, 0.6) is 0 Å². The molecule has 0 aliphatic carbocycles. The Morgan fingerprint density at radius 3 is 2.69 bits per heavy atom. The molecule has 0 amide bonds. The topological polar surface area (TPSA) is 50.3 Å². The Balaban J connectivity index is 1.62. The van der Waals surface area contributed by atoms with Crippen molar-refractivity contribution in [2.75, 3.05) is 13.1 Å². The maximum Gasteiger partial charge on any atom is 0.243 e. The van der Waals surface area contributed by atoms with Crippen molar-refractivity contribution in [3.05, 3.63) is 58.6 Å². The van der Waals surface area contributed by atoms with Gasteiger partial charge in [0.1, 0.15) is 0 Å². The number of fused-ring (bicyclic) bond motifs is 1. The summed E-state index contributed by atoms with van der Waals surface area (Å²) in [6.07, 6.45) is 1.85. The molecule has 0 radical (unpaired) electrons. The van der Waals surface area contributed by atoms with E-state index >= 15 is 0 Å². The maximum absolute atomic E-state index is 13.1. The molecular formula is C20H22N2O2S2. The quantitative estimate of drug-likeness (QED) is 0.667. The highest BCUT2D eigenvalue weighted by Gasteiger charge is 2.32. The van der Waals surface area contributed by atoms with Gasteiger partial charge in [0.05, 0.1) is 20.1 Å². The predicted molar refractivity (Wildman–Crippen MR) is 106 cm³/mol. The molecule has 0 saturated carbocycles. The third-order valence-corrected chi connectivity index (χ3v) is 8.22. The van der Waals surface area contributed by atoms with E-state index in [9.17, 15) is 8.42 Å². The largest absolute Gasteiger partial charge is 0.243 e. The van der Waals surface area contributed by atoms with Gasteiger partial charge in [0.25, 0.3) is 0 Å². The standard InChI is InChI=1S/C20H22N2O2S2/c1-14-9-10-17(12-15(14)2)26(23,24)22-11-5-6-16(13-22)20-21-18-7-3-4-8-19(18)25-20/h3-4,7-10,12,16H,5-6,11,13H2,1-2H3/t16-/m1/s1. The molecule has 0 unspecified atom stereocenters. The number of aromatic nitrogens is 1. The Kier molecular flexibility index (Phi) is 4.59. The third kappa shape index (κ3) is 3.17. The van der Waals surface area contributed by atoms with Gasteiger partial charge in [-0.25, -0.2) is 13.4 Å². The Labute approximate surface area is 158 Å². The van der Waals surface area contributed by atoms with Crippen molar-refractivity contribution >= 4 is 31.6 Å². The number of hydrogen-bond donors (Lipinski definition) is 0. The lowest BCUT2D eigenvalue weighted by molar-refractivity contribution is 0.315. The van der Waals surface area contributed by atoms with Crippen LogP contribution < -0.4 is 0 Å². The van der Waals surface area contributed by atoms with Crippen molar-refractivity contribution in [2.45, 2.75) is 37.5 Å². The Morgan fingerprint density at radius 1 is 1.12 bits per heavy atom. The molecule has 2 heterocycles. The molecule has 1 atom stereocenters. The number of rotatable bonds is 3. The van der Waals surface area contributed by atoms with Crippen LogP contribution in [0.15, 0.2) is 47.4 Å². The lowest BCUT2D eigenvalue weighted by Gasteiger charge is -2.31. The van der Waals surface area contributed by atoms with Crippen LogP contribution in [0.1, 0.15) is 34.9 Å². The second-order valence-corrected chi connectivity index (χ2v) is 9.97. The summed E-state index contributed by atoms with van der Waals surface area (Å²) in [6, 6.07) is 13.5. The van der Waals surface area contributed by atoms with Crippen LogP contribution in [0.2, 0.25) is 0 Å². The molecule has 1 aliphatic heterocycles. The van der Waals surface area contributed by atoms with Crippen molar-refractivity contribution in [2.24, 2.45) is 0 Å². The molecule has 1 fully saturated rings. The number of nitrogens with zero attached hydrogens (tertiary/aromatic N) is 2. The van der Waals surface area contributed by atoms with Crippen LogP contribution in [0.25, 0.3) is 10.2 Å². The lowest BCUT2D eigenvalue weighted by atomic mass is 10.0. The first-order chi connectivity index (χ1) is 12.4. The molecule has 136 valence electrons. The minimum absolute atomic E-state index is 0.169. The summed E-state index contributed by atoms with van der Waals surface area (Å²) >= 11 is 1.68. The maximum atomic E-state index is 13.1. The number of benzene rings is 2. The van der Waals surface area contributed by atoms with Crippen molar-refractivity contribution in [3.63, 3.8) is 0 Å². The smallest absolute Gasteiger partial charge is 0.241 e. The molecule has 0 N–H and O–H groups in total. The summed E-state index contributed by atoms with van der Waals surface area (Å²) in [5.74, 6) is 0.169. The molecule has 4 rings (SSSR count). The van der Waals surface area contributed by atoms with Crippen molar-refractivity contribution < 1.29 is 8.42 Å². The van der Waals surface area contributed by atoms with Gasteiger partial charge in [-0.2, -0.15) is 4.31 Å². The van der Waals surface area contributed by atoms with E-state index in [1.807, 2.05) is 38.1 Å². The summed E-state index contributed by atoms with van der Waals surface area (Å²) in [5.41, 5.74) is 3.11. The highest BCUT2D eigenvalue weighted by atomic mass is 32.2. The van der Waals surface area contributed by atoms with E-state index in [2.05, 4.69) is 6.07 Å². The second kappa shape index (κ2) is 6.76. The Hall–Kier alpha value is -1.76. The summed E-state index contributed by atoms with van der Waals surface area (Å²) in [6.45, 7) is 5.04. The zero-order valence-electron chi connectivity index (χ0n) is 15.0. The fourth-order valence-electron chi connectivity index (χ4n) is 3.45. The average molecular weight is 387 g/mol. The van der Waals surface area contributed by atoms with Gasteiger partial charge in [0.2, 0.25) is 10.0 Å². The average Bonchev–Trinajstić information content (AvgIpc) is 3.08. The van der Waals surface area contributed by atoms with Crippen molar-refractivity contribution in [1.82, 2.24) is 9.29 Å². The third-order valence-electron chi connectivity index (χ3n) is 5.16. The molecule has 6 heteroatoms. The summed E-state index contributed by atoms with van der Waals surface area (Å²) < 4.78 is 29.0. The van der Waals surface area contributed by atoms with Gasteiger partial charge in [-0.3, -0.25) is 0 Å². The van der Waals surface area contributed by atoms with Gasteiger partial charge >= 0.3 is 0 Å². The molecule has 26 heavy (non-hydrogen) atoms. The van der Waals surface area contributed by atoms with Crippen molar-refractivity contribution in [1.29, 1.82) is 0 Å². The predicted octanol–water partition coefficient (Wildman–Crippen LogP) is 4.48. The fourth-order valence-corrected chi connectivity index (χ4v) is 6.15. The first-order valence-corrected chi connectivity index (χ1v) is 11.1. The number of para-hydroxylation sites is 1. The molecule has 1 aliphatic rings. The van der Waals surface area contributed by atoms with E-state index in [1.165, 1.54) is 0 Å². The highest BCUT2D eigenvalue weighted by Crippen LogP contribution is 2.34. The van der Waals surface area contributed by atoms with Gasteiger partial charge < -0.3 is 0 Å². The Bertz CT molecular complexity index is 1020. The molecule has 3 aromatic rings. The van der Waals surface area contributed by atoms with Crippen LogP contribution in [-0.4, -0.2) is 30.8 Å². The first kappa shape index (κ1) is 17.6. The zero-order valence-corrected chi connectivity index (χ0v) is 16.6. The molecule has 4 nitrogen and oxygen atoms in total. The van der Waals surface area contributed by atoms with E-state index in [-0.39, 0.29) is 5.92 Å². The van der Waals surface area contributed by atoms with E-state index in [4.69, 9.17) is 4.98 Å². The van der Waals surface area contributed by atoms with E-state index in [0.29, 0.717) is 18.0 Å². The first-order valence-electron chi connectivity index (χ1n) is 8.88. The van der Waals surface area contributed by atoms with E-state index in [1.54, 1.807) is 27.8 Å². The summed E-state index contributed by atoms with van der Waals surface area (Å²) in [5, 5.41) is 1.05. The van der Waals surface area contributed by atoms with Gasteiger partial charge in [-0.1, -0.05) is 18.2 Å². The van der Waals surface area contributed by atoms with E-state index in [0.717, 1.165) is 39.2 Å². The molecule has 1 saturated heterocycles. The van der Waals surface area contributed by atoms with Gasteiger partial charge in [0, 0.05) is 19.0 Å². The molecule has 0 bridgehead atoms. The number of hydrogen-bond acceptors (Lipinski definition) is 4. The number of aryl methyl sites for hydroxylation is 2. The van der Waals surface area contributed by atoms with Gasteiger partial charge in [-0.05, 0) is 62.1 Å². The Morgan fingerprint density at radius 2 is 1.92 bits per heavy atom. The minimum atomic E-state index is -3.46. The fraction of sp³-hybridized carbons (Fsp3) is 0.350. The van der Waals surface area contributed by atoms with Gasteiger partial charge in [0.15, 0.2) is 0 Å². The SMILES string of the molecule is Cc1ccc(S(=O)(=O)N2CCC[C@@H](c3nc4ccccc4s3)C2)cc1C. The minimum Gasteiger partial charge on any atom is -0.241 e. The van der Waals surface area contributed by atoms with Crippen LogP contribution in [0, 0.1) is 13.8 Å². The molecular weight excluding hydrogens is 364 g/mol. The second-order valence-electron chi connectivity index (χ2n) is 6.97. The van der Waals surface area contributed by atoms with Crippen molar-refractivity contribution in [3.8, 4) is 0 Å². The van der Waals surface area contributed by atoms with Crippen LogP contribution in [0.3, 0.4) is 0 Å². The summed E-state index contributed by atoms with van der Waals surface area (Å²) in [4.78, 5) is 5.14. The highest BCUT2D eigenvalue weighted by molar-refractivity contribution is 7.89. The number of thiazole rings is 1. The molecule has 0 spiro atoms. The van der Waals surface area contributed by atoms with E-state index < -0.39 is 10.0 Å². The van der Waals surface area contributed by atoms with Crippen LogP contribution in [-0.2, 0) is 10.0 Å². The summed E-state index contributed by atoms with van der Waals surface area (Å²) in [7, 11) is -3.46. The monoisotopic (exact) mass is 386 g/mol. The molecule has 2 aromatic carbocycles. The van der Waals surface area contributed by atoms with Crippen LogP contribution in [0.4, 0.5) is 0 Å². The zero-order chi connectivity index (χ0) is 18.3.